The van der Waals surface area contributed by atoms with E-state index in [1.165, 1.54) is 19.3 Å². The van der Waals surface area contributed by atoms with E-state index in [4.69, 9.17) is 4.74 Å². The predicted octanol–water partition coefficient (Wildman–Crippen LogP) is 3.43. The van der Waals surface area contributed by atoms with Gasteiger partial charge in [-0.3, -0.25) is 0 Å². The molecule has 0 saturated carbocycles. The predicted molar refractivity (Wildman–Crippen MR) is 60.8 cm³/mol. The summed E-state index contributed by atoms with van der Waals surface area (Å²) in [6, 6.07) is 0. The second kappa shape index (κ2) is 7.87. The molecule has 1 atom stereocenters. The smallest absolute Gasteiger partial charge is 0.216 e. The molecule has 0 aliphatic carbocycles. The van der Waals surface area contributed by atoms with Gasteiger partial charge in [0.05, 0.1) is 6.61 Å². The van der Waals surface area contributed by atoms with Crippen LogP contribution in [0.5, 0.6) is 0 Å². The van der Waals surface area contributed by atoms with Gasteiger partial charge < -0.3 is 4.74 Å². The van der Waals surface area contributed by atoms with Gasteiger partial charge in [-0.25, -0.2) is 0 Å². The van der Waals surface area contributed by atoms with E-state index in [0.717, 1.165) is 18.9 Å². The van der Waals surface area contributed by atoms with Gasteiger partial charge in [0.2, 0.25) is 4.38 Å². The molecule has 0 aromatic rings. The molecule has 3 heteroatoms. The molecule has 0 rings (SSSR count). The van der Waals surface area contributed by atoms with E-state index in [9.17, 15) is 0 Å². The van der Waals surface area contributed by atoms with Crippen LogP contribution >= 0.6 is 24.8 Å². The zero-order valence-electron chi connectivity index (χ0n) is 7.88. The van der Waals surface area contributed by atoms with E-state index in [0.29, 0.717) is 4.38 Å². The monoisotopic (exact) mass is 206 g/mol. The van der Waals surface area contributed by atoms with Crippen molar-refractivity contribution in [3.8, 4) is 0 Å². The average Bonchev–Trinajstić information content (AvgIpc) is 2.03. The molecule has 0 fully saturated rings. The van der Waals surface area contributed by atoms with Gasteiger partial charge in [-0.15, -0.1) is 0 Å². The summed E-state index contributed by atoms with van der Waals surface area (Å²) in [5.41, 5.74) is 0. The highest BCUT2D eigenvalue weighted by atomic mass is 32.1. The average molecular weight is 206 g/mol. The first-order valence-electron chi connectivity index (χ1n) is 4.52. The second-order valence-corrected chi connectivity index (χ2v) is 4.20. The van der Waals surface area contributed by atoms with E-state index in [1.54, 1.807) is 0 Å². The van der Waals surface area contributed by atoms with Crippen molar-refractivity contribution in [1.29, 1.82) is 0 Å². The summed E-state index contributed by atoms with van der Waals surface area (Å²) < 4.78 is 5.41. The quantitative estimate of drug-likeness (QED) is 0.405. The largest absolute Gasteiger partial charge is 0.479 e. The fraction of sp³-hybridized carbons (Fsp3) is 0.889. The molecule has 0 radical (unpaired) electrons. The first-order chi connectivity index (χ1) is 5.66. The van der Waals surface area contributed by atoms with E-state index in [1.807, 2.05) is 0 Å². The SMILES string of the molecule is CCC(C)CCCCOC(=S)S. The molecule has 1 unspecified atom stereocenters. The third-order valence-electron chi connectivity index (χ3n) is 2.01. The van der Waals surface area contributed by atoms with E-state index in [2.05, 4.69) is 38.7 Å². The molecule has 1 nitrogen and oxygen atoms in total. The minimum atomic E-state index is 0.360. The van der Waals surface area contributed by atoms with Gasteiger partial charge in [-0.2, -0.15) is 0 Å². The molecule has 0 aromatic carbocycles. The first kappa shape index (κ1) is 12.2. The number of thiol groups is 1. The van der Waals surface area contributed by atoms with Gasteiger partial charge >= 0.3 is 0 Å². The highest BCUT2D eigenvalue weighted by Gasteiger charge is 1.98. The lowest BCUT2D eigenvalue weighted by Gasteiger charge is -2.07. The molecule has 12 heavy (non-hydrogen) atoms. The van der Waals surface area contributed by atoms with Crippen LogP contribution in [-0.4, -0.2) is 11.0 Å². The van der Waals surface area contributed by atoms with Gasteiger partial charge in [0.15, 0.2) is 0 Å². The Morgan fingerprint density at radius 1 is 1.50 bits per heavy atom. The van der Waals surface area contributed by atoms with Crippen LogP contribution in [0, 0.1) is 5.92 Å². The van der Waals surface area contributed by atoms with Crippen LogP contribution in [0.4, 0.5) is 0 Å². The van der Waals surface area contributed by atoms with Crippen LogP contribution in [0.15, 0.2) is 0 Å². The van der Waals surface area contributed by atoms with Crippen LogP contribution in [0.25, 0.3) is 0 Å². The van der Waals surface area contributed by atoms with Crippen molar-refractivity contribution in [2.75, 3.05) is 6.61 Å². The normalized spacial score (nSPS) is 12.6. The number of ether oxygens (including phenoxy) is 1. The Balaban J connectivity index is 3.05. The van der Waals surface area contributed by atoms with E-state index >= 15 is 0 Å². The van der Waals surface area contributed by atoms with Crippen molar-refractivity contribution in [1.82, 2.24) is 0 Å². The molecule has 0 N–H and O–H groups in total. The number of hydrogen-bond donors (Lipinski definition) is 1. The number of unbranched alkanes of at least 4 members (excludes halogenated alkanes) is 1. The van der Waals surface area contributed by atoms with Gasteiger partial charge in [0, 0.05) is 0 Å². The molecule has 0 spiro atoms. The van der Waals surface area contributed by atoms with Gasteiger partial charge in [-0.05, 0) is 31.0 Å². The molecule has 0 heterocycles. The fourth-order valence-corrected chi connectivity index (χ4v) is 1.13. The van der Waals surface area contributed by atoms with Crippen LogP contribution in [0.2, 0.25) is 0 Å². The highest BCUT2D eigenvalue weighted by molar-refractivity contribution is 8.10. The van der Waals surface area contributed by atoms with Crippen molar-refractivity contribution in [2.24, 2.45) is 5.92 Å². The Hall–Kier alpha value is 0.240. The molecule has 0 aliphatic heterocycles. The summed E-state index contributed by atoms with van der Waals surface area (Å²) >= 11 is 8.53. The Morgan fingerprint density at radius 2 is 2.17 bits per heavy atom. The van der Waals surface area contributed by atoms with E-state index in [-0.39, 0.29) is 0 Å². The standard InChI is InChI=1S/C9H18OS2/c1-3-8(2)6-4-5-7-10-9(11)12/h8H,3-7H2,1-2H3,(H,11,12). The molecule has 0 aromatic heterocycles. The van der Waals surface area contributed by atoms with Gasteiger partial charge in [0.25, 0.3) is 0 Å². The summed E-state index contributed by atoms with van der Waals surface area (Å²) in [6.45, 7) is 5.23. The van der Waals surface area contributed by atoms with E-state index < -0.39 is 0 Å². The zero-order valence-corrected chi connectivity index (χ0v) is 9.59. The van der Waals surface area contributed by atoms with Gasteiger partial charge in [0.1, 0.15) is 0 Å². The molecule has 0 bridgehead atoms. The summed E-state index contributed by atoms with van der Waals surface area (Å²) in [5.74, 6) is 0.841. The molecule has 0 saturated heterocycles. The third-order valence-corrected chi connectivity index (χ3v) is 2.26. The lowest BCUT2D eigenvalue weighted by atomic mass is 10.0. The number of thiocarbonyl (C=S) groups is 1. The maximum absolute atomic E-state index is 5.05. The van der Waals surface area contributed by atoms with Crippen molar-refractivity contribution >= 4 is 29.2 Å². The first-order valence-corrected chi connectivity index (χ1v) is 5.38. The lowest BCUT2D eigenvalue weighted by molar-refractivity contribution is 0.303. The molecule has 72 valence electrons. The summed E-state index contributed by atoms with van der Waals surface area (Å²) in [6.07, 6.45) is 4.88. The fourth-order valence-electron chi connectivity index (χ4n) is 0.958. The Bertz CT molecular complexity index is 126. The van der Waals surface area contributed by atoms with Gasteiger partial charge in [-0.1, -0.05) is 39.3 Å². The second-order valence-electron chi connectivity index (χ2n) is 3.12. The van der Waals surface area contributed by atoms with Crippen LogP contribution in [0.1, 0.15) is 39.5 Å². The Labute approximate surface area is 86.3 Å². The van der Waals surface area contributed by atoms with Crippen LogP contribution in [-0.2, 0) is 4.74 Å². The number of hydrogen-bond acceptors (Lipinski definition) is 2. The van der Waals surface area contributed by atoms with Crippen molar-refractivity contribution < 1.29 is 4.74 Å². The molecular formula is C9H18OS2. The summed E-state index contributed by atoms with van der Waals surface area (Å²) in [7, 11) is 0. The Morgan fingerprint density at radius 3 is 2.67 bits per heavy atom. The minimum absolute atomic E-state index is 0.360. The van der Waals surface area contributed by atoms with Crippen molar-refractivity contribution in [2.45, 2.75) is 39.5 Å². The maximum atomic E-state index is 5.05. The van der Waals surface area contributed by atoms with Crippen molar-refractivity contribution in [3.05, 3.63) is 0 Å². The topological polar surface area (TPSA) is 9.23 Å². The Kier molecular flexibility index (Phi) is 8.02. The molecule has 0 amide bonds. The number of rotatable bonds is 6. The molecule has 0 aliphatic rings. The minimum Gasteiger partial charge on any atom is -0.479 e. The van der Waals surface area contributed by atoms with Crippen LogP contribution in [0.3, 0.4) is 0 Å². The highest BCUT2D eigenvalue weighted by Crippen LogP contribution is 2.10. The third kappa shape index (κ3) is 8.34. The molecular weight excluding hydrogens is 188 g/mol. The zero-order chi connectivity index (χ0) is 9.40. The summed E-state index contributed by atoms with van der Waals surface area (Å²) in [4.78, 5) is 0. The maximum Gasteiger partial charge on any atom is 0.216 e. The lowest BCUT2D eigenvalue weighted by Crippen LogP contribution is -1.98. The van der Waals surface area contributed by atoms with Crippen molar-refractivity contribution in [3.63, 3.8) is 0 Å². The van der Waals surface area contributed by atoms with Crippen LogP contribution < -0.4 is 0 Å². The summed E-state index contributed by atoms with van der Waals surface area (Å²) in [5, 5.41) is 0.